The summed E-state index contributed by atoms with van der Waals surface area (Å²) >= 11 is 0. The molecule has 13 aromatic rings. The number of nitrogens with zero attached hydrogens (tertiary/aromatic N) is 6. The first-order chi connectivity index (χ1) is 30.7. The van der Waals surface area contributed by atoms with E-state index in [2.05, 4.69) is 206 Å². The van der Waals surface area contributed by atoms with Crippen LogP contribution in [0.1, 0.15) is 0 Å². The van der Waals surface area contributed by atoms with Crippen molar-refractivity contribution >= 4 is 76.5 Å². The molecule has 0 aliphatic rings. The van der Waals surface area contributed by atoms with Crippen LogP contribution in [0.15, 0.2) is 200 Å². The van der Waals surface area contributed by atoms with Crippen molar-refractivity contribution in [1.82, 2.24) is 23.3 Å². The van der Waals surface area contributed by atoms with E-state index >= 15 is 0 Å². The maximum Gasteiger partial charge on any atom is 0.269 e. The molecule has 0 aliphatic heterocycles. The van der Waals surface area contributed by atoms with Crippen molar-refractivity contribution in [3.05, 3.63) is 207 Å². The van der Waals surface area contributed by atoms with E-state index in [0.717, 1.165) is 72.9 Å². The summed E-state index contributed by atoms with van der Waals surface area (Å²) < 4.78 is 18.2. The fourth-order valence-electron chi connectivity index (χ4n) is 9.86. The average Bonchev–Trinajstić information content (AvgIpc) is 4.07. The molecular weight excluding hydrogens is 761 g/mol. The number of pyridine rings is 1. The van der Waals surface area contributed by atoms with Crippen LogP contribution in [0.4, 0.5) is 0 Å². The molecule has 0 aliphatic carbocycles. The molecule has 0 fully saturated rings. The number of aryl methyl sites for hydroxylation is 1. The van der Waals surface area contributed by atoms with Crippen molar-refractivity contribution in [2.24, 2.45) is 7.05 Å². The Kier molecular flexibility index (Phi) is 7.39. The van der Waals surface area contributed by atoms with E-state index in [1.54, 1.807) is 0 Å². The SMILES string of the molecule is Cn1c2ccccc2c2c3c4ccc(Oc5cccc(-[n+]6[c-]n(-c7ccccc7)c7ccccc76)c5)cc4n(-c4ccccn4)c3c3c4ccccc4n(-c4ccccc4)c3c21. The predicted octanol–water partition coefficient (Wildman–Crippen LogP) is 12.7. The van der Waals surface area contributed by atoms with Gasteiger partial charge in [0.1, 0.15) is 17.3 Å². The zero-order valence-corrected chi connectivity index (χ0v) is 33.6. The third-order valence-corrected chi connectivity index (χ3v) is 12.4. The number of hydrogen-bond acceptors (Lipinski definition) is 2. The van der Waals surface area contributed by atoms with E-state index in [1.807, 2.05) is 30.5 Å². The van der Waals surface area contributed by atoms with E-state index in [1.165, 1.54) is 38.0 Å². The Balaban J connectivity index is 1.08. The predicted molar refractivity (Wildman–Crippen MR) is 251 cm³/mol. The zero-order chi connectivity index (χ0) is 40.9. The minimum Gasteiger partial charge on any atom is -0.458 e. The quantitative estimate of drug-likeness (QED) is 0.124. The van der Waals surface area contributed by atoms with Crippen molar-refractivity contribution in [2.75, 3.05) is 0 Å². The molecule has 0 unspecified atom stereocenters. The number of para-hydroxylation sites is 6. The third kappa shape index (κ3) is 4.93. The molecule has 62 heavy (non-hydrogen) atoms. The van der Waals surface area contributed by atoms with Crippen LogP contribution in [0.3, 0.4) is 0 Å². The number of fused-ring (bicyclic) bond motifs is 13. The lowest BCUT2D eigenvalue weighted by Crippen LogP contribution is -2.29. The summed E-state index contributed by atoms with van der Waals surface area (Å²) in [5.74, 6) is 2.29. The number of hydrogen-bond donors (Lipinski definition) is 0. The van der Waals surface area contributed by atoms with E-state index in [0.29, 0.717) is 0 Å². The summed E-state index contributed by atoms with van der Waals surface area (Å²) in [5, 5.41) is 7.11. The summed E-state index contributed by atoms with van der Waals surface area (Å²) in [4.78, 5) is 5.03. The van der Waals surface area contributed by atoms with Crippen molar-refractivity contribution in [1.29, 1.82) is 0 Å². The summed E-state index contributed by atoms with van der Waals surface area (Å²) in [5.41, 5.74) is 12.0. The van der Waals surface area contributed by atoms with Crippen LogP contribution < -0.4 is 9.30 Å². The molecule has 292 valence electrons. The highest BCUT2D eigenvalue weighted by Gasteiger charge is 2.28. The first kappa shape index (κ1) is 34.4. The second-order valence-corrected chi connectivity index (χ2v) is 15.8. The van der Waals surface area contributed by atoms with E-state index in [4.69, 9.17) is 9.72 Å². The molecule has 0 amide bonds. The van der Waals surface area contributed by atoms with Gasteiger partial charge >= 0.3 is 0 Å². The molecule has 5 heterocycles. The first-order valence-corrected chi connectivity index (χ1v) is 20.9. The summed E-state index contributed by atoms with van der Waals surface area (Å²) in [7, 11) is 2.20. The molecule has 7 nitrogen and oxygen atoms in total. The minimum atomic E-state index is 0.726. The highest BCUT2D eigenvalue weighted by Crippen LogP contribution is 2.49. The summed E-state index contributed by atoms with van der Waals surface area (Å²) in [6, 6.07) is 67.9. The molecule has 0 saturated carbocycles. The molecule has 0 bridgehead atoms. The lowest BCUT2D eigenvalue weighted by atomic mass is 10.0. The second-order valence-electron chi connectivity index (χ2n) is 15.8. The molecule has 13 rings (SSSR count). The van der Waals surface area contributed by atoms with Gasteiger partial charge in [-0.2, -0.15) is 0 Å². The minimum absolute atomic E-state index is 0.726. The van der Waals surface area contributed by atoms with Crippen molar-refractivity contribution in [3.8, 4) is 34.4 Å². The fourth-order valence-corrected chi connectivity index (χ4v) is 9.86. The van der Waals surface area contributed by atoms with Crippen molar-refractivity contribution in [2.45, 2.75) is 0 Å². The van der Waals surface area contributed by atoms with Crippen molar-refractivity contribution < 1.29 is 9.30 Å². The third-order valence-electron chi connectivity index (χ3n) is 12.4. The number of ether oxygens (including phenoxy) is 1. The Bertz CT molecular complexity index is 3890. The van der Waals surface area contributed by atoms with Gasteiger partial charge < -0.3 is 13.9 Å². The van der Waals surface area contributed by atoms with E-state index in [-0.39, 0.29) is 0 Å². The lowest BCUT2D eigenvalue weighted by Gasteiger charge is -2.12. The number of benzene rings is 8. The standard InChI is InChI=1S/C55H36N6O/c1-57-44-25-10-8-23-41(44)51-50-43-31-30-40(62-39-22-16-21-38(33-39)59-35-58(36-17-4-2-5-18-36)46-27-12-13-28-47(46)59)34-48(43)61(49-29-14-15-32-56-49)53(50)52-42-24-9-11-26-45(42)60(55(52)54(51)57)37-19-6-3-7-20-37/h2-34H,1H3. The van der Waals surface area contributed by atoms with Gasteiger partial charge in [0.2, 0.25) is 0 Å². The molecule has 0 saturated heterocycles. The van der Waals surface area contributed by atoms with Gasteiger partial charge in [-0.05, 0) is 78.9 Å². The van der Waals surface area contributed by atoms with Crippen LogP contribution in [0.2, 0.25) is 0 Å². The Labute approximate surface area is 355 Å². The Morgan fingerprint density at radius 3 is 1.90 bits per heavy atom. The number of imidazole rings is 1. The second kappa shape index (κ2) is 13.3. The zero-order valence-electron chi connectivity index (χ0n) is 33.6. The van der Waals surface area contributed by atoms with Crippen molar-refractivity contribution in [3.63, 3.8) is 0 Å². The van der Waals surface area contributed by atoms with E-state index < -0.39 is 0 Å². The monoisotopic (exact) mass is 796 g/mol. The number of aromatic nitrogens is 6. The van der Waals surface area contributed by atoms with E-state index in [9.17, 15) is 0 Å². The van der Waals surface area contributed by atoms with Crippen LogP contribution in [-0.4, -0.2) is 23.3 Å². The largest absolute Gasteiger partial charge is 0.458 e. The van der Waals surface area contributed by atoms with Gasteiger partial charge in [-0.15, -0.1) is 0 Å². The molecule has 0 N–H and O–H groups in total. The molecule has 7 heteroatoms. The fraction of sp³-hybridized carbons (Fsp3) is 0.0182. The Hall–Kier alpha value is -8.42. The molecule has 0 spiro atoms. The number of rotatable bonds is 6. The highest BCUT2D eigenvalue weighted by molar-refractivity contribution is 6.40. The molecule has 5 aromatic heterocycles. The van der Waals surface area contributed by atoms with Crippen LogP contribution >= 0.6 is 0 Å². The molecular formula is C55H36N6O. The van der Waals surface area contributed by atoms with Gasteiger partial charge in [-0.25, -0.2) is 4.98 Å². The summed E-state index contributed by atoms with van der Waals surface area (Å²) in [6.45, 7) is 0. The highest BCUT2D eigenvalue weighted by atomic mass is 16.5. The van der Waals surface area contributed by atoms with Gasteiger partial charge in [-0.1, -0.05) is 109 Å². The average molecular weight is 797 g/mol. The maximum absolute atomic E-state index is 6.84. The van der Waals surface area contributed by atoms with Gasteiger partial charge in [0.15, 0.2) is 0 Å². The maximum atomic E-state index is 6.84. The first-order valence-electron chi connectivity index (χ1n) is 20.9. The van der Waals surface area contributed by atoms with Gasteiger partial charge in [0.25, 0.3) is 6.33 Å². The van der Waals surface area contributed by atoms with Gasteiger partial charge in [0, 0.05) is 62.8 Å². The Morgan fingerprint density at radius 1 is 0.468 bits per heavy atom. The lowest BCUT2D eigenvalue weighted by molar-refractivity contribution is -0.572. The molecule has 0 atom stereocenters. The normalized spacial score (nSPS) is 12.0. The molecule has 8 aromatic carbocycles. The summed E-state index contributed by atoms with van der Waals surface area (Å²) in [6.07, 6.45) is 5.49. The molecule has 0 radical (unpaired) electrons. The van der Waals surface area contributed by atoms with Gasteiger partial charge in [0.05, 0.1) is 50.0 Å². The Morgan fingerprint density at radius 2 is 1.11 bits per heavy atom. The van der Waals surface area contributed by atoms with Crippen LogP contribution in [0, 0.1) is 6.33 Å². The van der Waals surface area contributed by atoms with Crippen LogP contribution in [0.5, 0.6) is 11.5 Å². The topological polar surface area (TPSA) is 45.7 Å². The van der Waals surface area contributed by atoms with Crippen LogP contribution in [0.25, 0.3) is 99.3 Å². The smallest absolute Gasteiger partial charge is 0.269 e. The van der Waals surface area contributed by atoms with Gasteiger partial charge in [-0.3, -0.25) is 13.7 Å². The van der Waals surface area contributed by atoms with Crippen LogP contribution in [-0.2, 0) is 7.05 Å².